The highest BCUT2D eigenvalue weighted by molar-refractivity contribution is 6.10. The van der Waals surface area contributed by atoms with E-state index in [1.165, 1.54) is 14.2 Å². The zero-order valence-electron chi connectivity index (χ0n) is 16.9. The molecule has 4 rings (SSSR count). The molecular weight excluding hydrogens is 386 g/mol. The molecule has 0 bridgehead atoms. The lowest BCUT2D eigenvalue weighted by Crippen LogP contribution is -2.47. The zero-order chi connectivity index (χ0) is 21.3. The van der Waals surface area contributed by atoms with Crippen molar-refractivity contribution >= 4 is 23.5 Å². The van der Waals surface area contributed by atoms with Gasteiger partial charge in [-0.3, -0.25) is 14.5 Å². The molecule has 1 fully saturated rings. The largest absolute Gasteiger partial charge is 0.497 e. The number of hydrogen-bond donors (Lipinski definition) is 2. The fraction of sp³-hybridized carbons (Fsp3) is 0.318. The second-order valence-electron chi connectivity index (χ2n) is 7.35. The molecule has 8 nitrogen and oxygen atoms in total. The number of benzene rings is 2. The van der Waals surface area contributed by atoms with Crippen LogP contribution in [0, 0.1) is 0 Å². The van der Waals surface area contributed by atoms with Gasteiger partial charge in [0.25, 0.3) is 5.91 Å². The van der Waals surface area contributed by atoms with Gasteiger partial charge < -0.3 is 20.1 Å². The number of aryl methyl sites for hydroxylation is 1. The van der Waals surface area contributed by atoms with E-state index in [1.807, 2.05) is 24.3 Å². The molecule has 2 aromatic carbocycles. The van der Waals surface area contributed by atoms with Gasteiger partial charge in [-0.2, -0.15) is 0 Å². The summed E-state index contributed by atoms with van der Waals surface area (Å²) in [5.41, 5.74) is 1.16. The Balaban J connectivity index is 1.55. The number of carbonyl (C=O) groups excluding carboxylic acids is 3. The standard InChI is InChI=1S/C22H23N3O5/c1-29-15-9-10-18(30-2)17(12-15)23-19(26)13-25-20(27)22(24-21(25)28)11-5-7-14-6-3-4-8-16(14)22/h3-4,6,8-10,12H,5,7,11,13H2,1-2H3,(H,23,26)(H,24,28)/t22-/m0/s1. The van der Waals surface area contributed by atoms with Crippen LogP contribution in [-0.4, -0.2) is 43.5 Å². The summed E-state index contributed by atoms with van der Waals surface area (Å²) in [4.78, 5) is 39.6. The summed E-state index contributed by atoms with van der Waals surface area (Å²) >= 11 is 0. The number of anilines is 1. The molecule has 30 heavy (non-hydrogen) atoms. The van der Waals surface area contributed by atoms with E-state index in [1.54, 1.807) is 18.2 Å². The lowest BCUT2D eigenvalue weighted by Gasteiger charge is -2.33. The van der Waals surface area contributed by atoms with Crippen LogP contribution in [0.5, 0.6) is 11.5 Å². The average Bonchev–Trinajstić information content (AvgIpc) is 2.98. The molecule has 156 valence electrons. The van der Waals surface area contributed by atoms with Crippen LogP contribution in [0.1, 0.15) is 24.0 Å². The third-order valence-electron chi connectivity index (χ3n) is 5.63. The average molecular weight is 409 g/mol. The highest BCUT2D eigenvalue weighted by atomic mass is 16.5. The Kier molecular flexibility index (Phi) is 5.07. The Morgan fingerprint density at radius 1 is 1.17 bits per heavy atom. The van der Waals surface area contributed by atoms with E-state index < -0.39 is 29.9 Å². The van der Waals surface area contributed by atoms with Gasteiger partial charge in [-0.1, -0.05) is 24.3 Å². The molecule has 1 spiro atoms. The monoisotopic (exact) mass is 409 g/mol. The van der Waals surface area contributed by atoms with Crippen LogP contribution in [0.25, 0.3) is 0 Å². The summed E-state index contributed by atoms with van der Waals surface area (Å²) in [6.45, 7) is -0.394. The Morgan fingerprint density at radius 2 is 1.97 bits per heavy atom. The quantitative estimate of drug-likeness (QED) is 0.740. The van der Waals surface area contributed by atoms with Gasteiger partial charge in [-0.05, 0) is 42.5 Å². The van der Waals surface area contributed by atoms with Crippen LogP contribution in [0.2, 0.25) is 0 Å². The number of urea groups is 1. The molecule has 0 unspecified atom stereocenters. The van der Waals surface area contributed by atoms with Crippen molar-refractivity contribution in [2.75, 3.05) is 26.1 Å². The zero-order valence-corrected chi connectivity index (χ0v) is 16.9. The molecule has 2 aliphatic rings. The molecular formula is C22H23N3O5. The summed E-state index contributed by atoms with van der Waals surface area (Å²) < 4.78 is 10.4. The fourth-order valence-electron chi connectivity index (χ4n) is 4.20. The number of nitrogens with zero attached hydrogens (tertiary/aromatic N) is 1. The highest BCUT2D eigenvalue weighted by Crippen LogP contribution is 2.40. The van der Waals surface area contributed by atoms with Gasteiger partial charge in [0.1, 0.15) is 23.6 Å². The lowest BCUT2D eigenvalue weighted by molar-refractivity contribution is -0.134. The number of nitrogens with one attached hydrogen (secondary N) is 2. The summed E-state index contributed by atoms with van der Waals surface area (Å²) in [6.07, 6.45) is 2.15. The topological polar surface area (TPSA) is 97.0 Å². The number of methoxy groups -OCH3 is 2. The van der Waals surface area contributed by atoms with Crippen molar-refractivity contribution in [2.24, 2.45) is 0 Å². The van der Waals surface area contributed by atoms with Crippen molar-refractivity contribution < 1.29 is 23.9 Å². The number of carbonyl (C=O) groups is 3. The van der Waals surface area contributed by atoms with Gasteiger partial charge >= 0.3 is 6.03 Å². The molecule has 0 aromatic heterocycles. The molecule has 0 saturated carbocycles. The predicted molar refractivity (Wildman–Crippen MR) is 109 cm³/mol. The van der Waals surface area contributed by atoms with Crippen molar-refractivity contribution in [2.45, 2.75) is 24.8 Å². The van der Waals surface area contributed by atoms with Gasteiger partial charge in [0, 0.05) is 6.07 Å². The van der Waals surface area contributed by atoms with Gasteiger partial charge in [-0.15, -0.1) is 0 Å². The first-order chi connectivity index (χ1) is 14.5. The van der Waals surface area contributed by atoms with E-state index in [0.29, 0.717) is 23.6 Å². The van der Waals surface area contributed by atoms with E-state index in [9.17, 15) is 14.4 Å². The molecule has 1 atom stereocenters. The molecule has 2 aromatic rings. The van der Waals surface area contributed by atoms with Crippen LogP contribution in [0.3, 0.4) is 0 Å². The number of ether oxygens (including phenoxy) is 2. The van der Waals surface area contributed by atoms with Crippen LogP contribution in [0.4, 0.5) is 10.5 Å². The summed E-state index contributed by atoms with van der Waals surface area (Å²) in [5.74, 6) is 0.0801. The van der Waals surface area contributed by atoms with E-state index in [0.717, 1.165) is 28.9 Å². The molecule has 0 radical (unpaired) electrons. The van der Waals surface area contributed by atoms with Gasteiger partial charge in [0.15, 0.2) is 0 Å². The Bertz CT molecular complexity index is 1020. The lowest BCUT2D eigenvalue weighted by atomic mass is 9.76. The third-order valence-corrected chi connectivity index (χ3v) is 5.63. The van der Waals surface area contributed by atoms with Crippen molar-refractivity contribution in [1.82, 2.24) is 10.2 Å². The maximum atomic E-state index is 13.3. The van der Waals surface area contributed by atoms with Crippen molar-refractivity contribution in [3.63, 3.8) is 0 Å². The molecule has 4 amide bonds. The second-order valence-corrected chi connectivity index (χ2v) is 7.35. The number of rotatable bonds is 5. The van der Waals surface area contributed by atoms with Crippen LogP contribution in [-0.2, 0) is 21.5 Å². The summed E-state index contributed by atoms with van der Waals surface area (Å²) in [7, 11) is 3.00. The van der Waals surface area contributed by atoms with Crippen LogP contribution >= 0.6 is 0 Å². The second kappa shape index (κ2) is 7.70. The first-order valence-corrected chi connectivity index (χ1v) is 9.73. The molecule has 2 N–H and O–H groups in total. The number of fused-ring (bicyclic) bond motifs is 2. The van der Waals surface area contributed by atoms with E-state index in [-0.39, 0.29) is 0 Å². The maximum absolute atomic E-state index is 13.3. The first kappa shape index (κ1) is 19.8. The third kappa shape index (κ3) is 3.24. The maximum Gasteiger partial charge on any atom is 0.325 e. The summed E-state index contributed by atoms with van der Waals surface area (Å²) in [5, 5.41) is 5.54. The summed E-state index contributed by atoms with van der Waals surface area (Å²) in [6, 6.07) is 12.0. The predicted octanol–water partition coefficient (Wildman–Crippen LogP) is 2.43. The van der Waals surface area contributed by atoms with Crippen molar-refractivity contribution in [3.05, 3.63) is 53.6 Å². The number of imide groups is 1. The van der Waals surface area contributed by atoms with E-state index >= 15 is 0 Å². The molecule has 1 aliphatic heterocycles. The Morgan fingerprint density at radius 3 is 2.73 bits per heavy atom. The number of hydrogen-bond acceptors (Lipinski definition) is 5. The van der Waals surface area contributed by atoms with Crippen LogP contribution < -0.4 is 20.1 Å². The molecule has 1 saturated heterocycles. The van der Waals surface area contributed by atoms with Gasteiger partial charge in [0.2, 0.25) is 5.91 Å². The Labute approximate surface area is 174 Å². The van der Waals surface area contributed by atoms with Gasteiger partial charge in [-0.25, -0.2) is 4.79 Å². The minimum atomic E-state index is -1.10. The molecule has 1 aliphatic carbocycles. The Hall–Kier alpha value is -3.55. The van der Waals surface area contributed by atoms with Gasteiger partial charge in [0.05, 0.1) is 19.9 Å². The molecule has 1 heterocycles. The molecule has 8 heteroatoms. The number of amides is 4. The SMILES string of the molecule is COc1ccc(OC)c(NC(=O)CN2C(=O)N[C@]3(CCCc4ccccc43)C2=O)c1. The van der Waals surface area contributed by atoms with Crippen molar-refractivity contribution in [3.8, 4) is 11.5 Å². The first-order valence-electron chi connectivity index (χ1n) is 9.73. The minimum absolute atomic E-state index is 0.394. The van der Waals surface area contributed by atoms with Crippen molar-refractivity contribution in [1.29, 1.82) is 0 Å². The van der Waals surface area contributed by atoms with Crippen LogP contribution in [0.15, 0.2) is 42.5 Å². The highest BCUT2D eigenvalue weighted by Gasteiger charge is 2.54. The normalized spacial score (nSPS) is 20.0. The smallest absolute Gasteiger partial charge is 0.325 e. The minimum Gasteiger partial charge on any atom is -0.497 e. The fourth-order valence-corrected chi connectivity index (χ4v) is 4.20. The van der Waals surface area contributed by atoms with E-state index in [4.69, 9.17) is 9.47 Å². The van der Waals surface area contributed by atoms with E-state index in [2.05, 4.69) is 10.6 Å².